The summed E-state index contributed by atoms with van der Waals surface area (Å²) in [7, 11) is 1.97. The van der Waals surface area contributed by atoms with Gasteiger partial charge in [-0.15, -0.1) is 0 Å². The summed E-state index contributed by atoms with van der Waals surface area (Å²) in [5.74, 6) is 0.576. The Bertz CT molecular complexity index is 691. The Labute approximate surface area is 115 Å². The van der Waals surface area contributed by atoms with Crippen LogP contribution in [0.3, 0.4) is 0 Å². The molecular formula is C14H15N3OS. The Morgan fingerprint density at radius 3 is 2.74 bits per heavy atom. The van der Waals surface area contributed by atoms with Crippen LogP contribution in [0.5, 0.6) is 5.75 Å². The van der Waals surface area contributed by atoms with Crippen LogP contribution in [0.25, 0.3) is 20.9 Å². The maximum atomic E-state index is 10.3. The first kappa shape index (κ1) is 12.2. The number of aromatic nitrogens is 3. The van der Waals surface area contributed by atoms with Gasteiger partial charge in [0.2, 0.25) is 0 Å². The first-order chi connectivity index (χ1) is 9.09. The van der Waals surface area contributed by atoms with Gasteiger partial charge in [-0.05, 0) is 18.1 Å². The molecule has 3 rings (SSSR count). The molecule has 0 aliphatic carbocycles. The minimum Gasteiger partial charge on any atom is -0.504 e. The molecule has 0 atom stereocenters. The van der Waals surface area contributed by atoms with Crippen LogP contribution in [0, 0.1) is 0 Å². The summed E-state index contributed by atoms with van der Waals surface area (Å²) < 4.78 is 2.03. The van der Waals surface area contributed by atoms with E-state index in [1.54, 1.807) is 23.7 Å². The number of thiazole rings is 1. The number of pyridine rings is 1. The van der Waals surface area contributed by atoms with Gasteiger partial charge in [-0.3, -0.25) is 4.98 Å². The second kappa shape index (κ2) is 4.35. The highest BCUT2D eigenvalue weighted by Crippen LogP contribution is 2.40. The van der Waals surface area contributed by atoms with E-state index in [9.17, 15) is 5.11 Å². The third-order valence-corrected chi connectivity index (χ3v) is 4.38. The number of fused-ring (bicyclic) bond motifs is 1. The molecule has 3 aromatic heterocycles. The molecule has 5 heteroatoms. The van der Waals surface area contributed by atoms with Crippen LogP contribution in [0.2, 0.25) is 0 Å². The highest BCUT2D eigenvalue weighted by molar-refractivity contribution is 7.21. The van der Waals surface area contributed by atoms with Crippen molar-refractivity contribution >= 4 is 21.7 Å². The van der Waals surface area contributed by atoms with Crippen molar-refractivity contribution in [1.82, 2.24) is 14.5 Å². The summed E-state index contributed by atoms with van der Waals surface area (Å²) in [4.78, 5) is 9.66. The summed E-state index contributed by atoms with van der Waals surface area (Å²) in [6.07, 6.45) is 3.53. The number of hydrogen-bond acceptors (Lipinski definition) is 4. The fraction of sp³-hybridized carbons (Fsp3) is 0.286. The summed E-state index contributed by atoms with van der Waals surface area (Å²) in [5, 5.41) is 11.2. The third kappa shape index (κ3) is 1.81. The average Bonchev–Trinajstić information content (AvgIpc) is 2.92. The summed E-state index contributed by atoms with van der Waals surface area (Å²) in [6.45, 7) is 4.14. The quantitative estimate of drug-likeness (QED) is 0.777. The van der Waals surface area contributed by atoms with E-state index >= 15 is 0 Å². The lowest BCUT2D eigenvalue weighted by Gasteiger charge is -2.07. The normalized spacial score (nSPS) is 11.6. The maximum absolute atomic E-state index is 10.3. The predicted octanol–water partition coefficient (Wildman–Crippen LogP) is 3.53. The lowest BCUT2D eigenvalue weighted by atomic mass is 10.1. The van der Waals surface area contributed by atoms with Gasteiger partial charge in [0.1, 0.15) is 15.4 Å². The number of nitrogens with zero attached hydrogens (tertiary/aromatic N) is 3. The fourth-order valence-electron chi connectivity index (χ4n) is 2.36. The van der Waals surface area contributed by atoms with Gasteiger partial charge in [0.25, 0.3) is 0 Å². The highest BCUT2D eigenvalue weighted by atomic mass is 32.1. The van der Waals surface area contributed by atoms with Crippen LogP contribution in [0.4, 0.5) is 0 Å². The lowest BCUT2D eigenvalue weighted by molar-refractivity contribution is 0.465. The lowest BCUT2D eigenvalue weighted by Crippen LogP contribution is -1.97. The second-order valence-corrected chi connectivity index (χ2v) is 5.84. The van der Waals surface area contributed by atoms with Gasteiger partial charge >= 0.3 is 0 Å². The van der Waals surface area contributed by atoms with E-state index < -0.39 is 0 Å². The smallest absolute Gasteiger partial charge is 0.164 e. The number of rotatable bonds is 2. The topological polar surface area (TPSA) is 50.9 Å². The maximum Gasteiger partial charge on any atom is 0.164 e. The van der Waals surface area contributed by atoms with Crippen molar-refractivity contribution in [2.45, 2.75) is 19.8 Å². The van der Waals surface area contributed by atoms with E-state index in [0.717, 1.165) is 21.1 Å². The number of aromatic hydroxyl groups is 1. The van der Waals surface area contributed by atoms with Crippen molar-refractivity contribution in [3.63, 3.8) is 0 Å². The molecule has 0 saturated carbocycles. The Kier molecular flexibility index (Phi) is 2.78. The zero-order valence-corrected chi connectivity index (χ0v) is 11.9. The molecule has 4 nitrogen and oxygen atoms in total. The van der Waals surface area contributed by atoms with Gasteiger partial charge in [0.15, 0.2) is 5.75 Å². The molecule has 98 valence electrons. The molecule has 0 aliphatic rings. The van der Waals surface area contributed by atoms with E-state index in [4.69, 9.17) is 0 Å². The van der Waals surface area contributed by atoms with Gasteiger partial charge in [0.05, 0.1) is 5.69 Å². The zero-order chi connectivity index (χ0) is 13.6. The van der Waals surface area contributed by atoms with E-state index in [1.807, 2.05) is 23.7 Å². The predicted molar refractivity (Wildman–Crippen MR) is 77.6 cm³/mol. The molecule has 0 aromatic carbocycles. The average molecular weight is 273 g/mol. The van der Waals surface area contributed by atoms with E-state index in [1.165, 1.54) is 0 Å². The number of hydrogen-bond donors (Lipinski definition) is 1. The summed E-state index contributed by atoms with van der Waals surface area (Å²) in [5.41, 5.74) is 2.61. The van der Waals surface area contributed by atoms with E-state index in [0.29, 0.717) is 11.3 Å². The molecule has 0 bridgehead atoms. The van der Waals surface area contributed by atoms with Crippen molar-refractivity contribution in [1.29, 1.82) is 0 Å². The van der Waals surface area contributed by atoms with Crippen LogP contribution < -0.4 is 0 Å². The van der Waals surface area contributed by atoms with Gasteiger partial charge < -0.3 is 9.67 Å². The van der Waals surface area contributed by atoms with Crippen LogP contribution in [0.1, 0.15) is 25.5 Å². The van der Waals surface area contributed by atoms with E-state index in [2.05, 4.69) is 23.8 Å². The summed E-state index contributed by atoms with van der Waals surface area (Å²) >= 11 is 1.58. The van der Waals surface area contributed by atoms with Crippen LogP contribution >= 0.6 is 11.3 Å². The van der Waals surface area contributed by atoms with Crippen LogP contribution in [-0.4, -0.2) is 19.6 Å². The van der Waals surface area contributed by atoms with Gasteiger partial charge in [0, 0.05) is 25.0 Å². The molecule has 0 fully saturated rings. The molecule has 0 radical (unpaired) electrons. The third-order valence-electron chi connectivity index (χ3n) is 3.20. The SMILES string of the molecule is CC(C)c1c(O)c2nc(-c3cccnc3)sc2n1C. The van der Waals surface area contributed by atoms with Crippen molar-refractivity contribution in [2.24, 2.45) is 7.05 Å². The molecule has 0 aliphatic heterocycles. The Hall–Kier alpha value is -1.88. The number of aryl methyl sites for hydroxylation is 1. The molecular weight excluding hydrogens is 258 g/mol. The molecule has 1 N–H and O–H groups in total. The molecule has 0 saturated heterocycles. The van der Waals surface area contributed by atoms with Gasteiger partial charge in [-0.1, -0.05) is 25.2 Å². The molecule has 3 aromatic rings. The van der Waals surface area contributed by atoms with Gasteiger partial charge in [-0.25, -0.2) is 4.98 Å². The first-order valence-electron chi connectivity index (χ1n) is 6.18. The monoisotopic (exact) mass is 273 g/mol. The zero-order valence-electron chi connectivity index (χ0n) is 11.1. The highest BCUT2D eigenvalue weighted by Gasteiger charge is 2.21. The van der Waals surface area contributed by atoms with Crippen LogP contribution in [-0.2, 0) is 7.05 Å². The minimum absolute atomic E-state index is 0.272. The Balaban J connectivity index is 2.21. The first-order valence-corrected chi connectivity index (χ1v) is 6.99. The second-order valence-electron chi connectivity index (χ2n) is 4.86. The van der Waals surface area contributed by atoms with Crippen molar-refractivity contribution in [3.05, 3.63) is 30.2 Å². The standard InChI is InChI=1S/C14H15N3OS/c1-8(2)11-12(18)10-14(17(11)3)19-13(16-10)9-5-4-6-15-7-9/h4-8,18H,1-3H3. The minimum atomic E-state index is 0.272. The fourth-order valence-corrected chi connectivity index (χ4v) is 3.39. The van der Waals surface area contributed by atoms with Gasteiger partial charge in [-0.2, -0.15) is 0 Å². The van der Waals surface area contributed by atoms with Crippen molar-refractivity contribution < 1.29 is 5.11 Å². The molecule has 0 amide bonds. The molecule has 0 spiro atoms. The van der Waals surface area contributed by atoms with Crippen molar-refractivity contribution in [3.8, 4) is 16.3 Å². The summed E-state index contributed by atoms with van der Waals surface area (Å²) in [6, 6.07) is 3.87. The van der Waals surface area contributed by atoms with Crippen molar-refractivity contribution in [2.75, 3.05) is 0 Å². The van der Waals surface area contributed by atoms with Crippen LogP contribution in [0.15, 0.2) is 24.5 Å². The molecule has 19 heavy (non-hydrogen) atoms. The Morgan fingerprint density at radius 1 is 1.37 bits per heavy atom. The largest absolute Gasteiger partial charge is 0.504 e. The molecule has 0 unspecified atom stereocenters. The van der Waals surface area contributed by atoms with E-state index in [-0.39, 0.29) is 5.92 Å². The molecule has 3 heterocycles. The Morgan fingerprint density at radius 2 is 2.16 bits per heavy atom.